The molecule has 5 nitrogen and oxygen atoms in total. The molecule has 6 heteroatoms. The highest BCUT2D eigenvalue weighted by atomic mass is 32.1. The van der Waals surface area contributed by atoms with E-state index in [9.17, 15) is 9.59 Å². The number of carbonyl (C=O) groups is 2. The Hall–Kier alpha value is -1.92. The Morgan fingerprint density at radius 2 is 2.00 bits per heavy atom. The SMILES string of the molecule is CC(C)OCC(=O)N1CCCC[C@H]1Cc1c(C(=O)N(C)C)sc2ccccc12. The average Bonchev–Trinajstić information content (AvgIpc) is 3.04. The van der Waals surface area contributed by atoms with Gasteiger partial charge in [-0.1, -0.05) is 18.2 Å². The van der Waals surface area contributed by atoms with Gasteiger partial charge in [-0.25, -0.2) is 0 Å². The van der Waals surface area contributed by atoms with E-state index in [1.807, 2.05) is 30.9 Å². The third kappa shape index (κ3) is 4.55. The minimum Gasteiger partial charge on any atom is -0.369 e. The summed E-state index contributed by atoms with van der Waals surface area (Å²) in [6.07, 6.45) is 3.85. The Morgan fingerprint density at radius 1 is 1.25 bits per heavy atom. The lowest BCUT2D eigenvalue weighted by molar-refractivity contribution is -0.141. The van der Waals surface area contributed by atoms with E-state index in [1.54, 1.807) is 30.3 Å². The Balaban J connectivity index is 1.90. The highest BCUT2D eigenvalue weighted by molar-refractivity contribution is 7.21. The maximum Gasteiger partial charge on any atom is 0.263 e. The third-order valence-electron chi connectivity index (χ3n) is 5.23. The Bertz CT molecular complexity index is 843. The highest BCUT2D eigenvalue weighted by Gasteiger charge is 2.30. The zero-order valence-corrected chi connectivity index (χ0v) is 18.1. The summed E-state index contributed by atoms with van der Waals surface area (Å²) in [5, 5.41) is 1.13. The maximum atomic E-state index is 12.8. The quantitative estimate of drug-likeness (QED) is 0.735. The van der Waals surface area contributed by atoms with E-state index in [4.69, 9.17) is 4.74 Å². The van der Waals surface area contributed by atoms with Crippen molar-refractivity contribution in [3.05, 3.63) is 34.7 Å². The van der Waals surface area contributed by atoms with Crippen molar-refractivity contribution in [3.8, 4) is 0 Å². The molecule has 28 heavy (non-hydrogen) atoms. The Kier molecular flexibility index (Phi) is 6.73. The Labute approximate surface area is 171 Å². The lowest BCUT2D eigenvalue weighted by Gasteiger charge is -2.36. The lowest BCUT2D eigenvalue weighted by Crippen LogP contribution is -2.46. The van der Waals surface area contributed by atoms with Crippen LogP contribution in [0, 0.1) is 0 Å². The number of benzene rings is 1. The molecule has 1 aliphatic rings. The van der Waals surface area contributed by atoms with Gasteiger partial charge in [0, 0.05) is 31.4 Å². The molecular formula is C22H30N2O3S. The van der Waals surface area contributed by atoms with Crippen LogP contribution in [0.3, 0.4) is 0 Å². The third-order valence-corrected chi connectivity index (χ3v) is 6.43. The van der Waals surface area contributed by atoms with Crippen LogP contribution in [-0.4, -0.2) is 61.0 Å². The summed E-state index contributed by atoms with van der Waals surface area (Å²) in [6, 6.07) is 8.29. The summed E-state index contributed by atoms with van der Waals surface area (Å²) < 4.78 is 6.68. The number of carbonyl (C=O) groups excluding carboxylic acids is 2. The number of hydrogen-bond acceptors (Lipinski definition) is 4. The van der Waals surface area contributed by atoms with Crippen LogP contribution in [0.1, 0.15) is 48.3 Å². The van der Waals surface area contributed by atoms with Gasteiger partial charge in [0.25, 0.3) is 5.91 Å². The lowest BCUT2D eigenvalue weighted by atomic mass is 9.94. The van der Waals surface area contributed by atoms with Gasteiger partial charge in [0.2, 0.25) is 5.91 Å². The van der Waals surface area contributed by atoms with Gasteiger partial charge < -0.3 is 14.5 Å². The van der Waals surface area contributed by atoms with Crippen molar-refractivity contribution in [2.45, 2.75) is 51.7 Å². The fourth-order valence-corrected chi connectivity index (χ4v) is 5.03. The van der Waals surface area contributed by atoms with Crippen molar-refractivity contribution in [2.24, 2.45) is 0 Å². The summed E-state index contributed by atoms with van der Waals surface area (Å²) in [5.74, 6) is 0.0893. The topological polar surface area (TPSA) is 49.9 Å². The number of ether oxygens (including phenoxy) is 1. The molecule has 0 aliphatic carbocycles. The number of rotatable bonds is 6. The maximum absolute atomic E-state index is 12.8. The molecule has 0 saturated carbocycles. The fourth-order valence-electron chi connectivity index (χ4n) is 3.77. The second-order valence-corrected chi connectivity index (χ2v) is 8.96. The van der Waals surface area contributed by atoms with E-state index in [0.29, 0.717) is 6.42 Å². The predicted molar refractivity (Wildman–Crippen MR) is 114 cm³/mol. The number of fused-ring (bicyclic) bond motifs is 1. The van der Waals surface area contributed by atoms with Crippen LogP contribution in [0.25, 0.3) is 10.1 Å². The van der Waals surface area contributed by atoms with Crippen LogP contribution < -0.4 is 0 Å². The summed E-state index contributed by atoms with van der Waals surface area (Å²) in [5.41, 5.74) is 1.08. The van der Waals surface area contributed by atoms with E-state index in [2.05, 4.69) is 12.1 Å². The summed E-state index contributed by atoms with van der Waals surface area (Å²) in [6.45, 7) is 4.78. The van der Waals surface area contributed by atoms with Gasteiger partial charge in [-0.2, -0.15) is 0 Å². The number of nitrogens with zero attached hydrogens (tertiary/aromatic N) is 2. The molecule has 1 saturated heterocycles. The number of hydrogen-bond donors (Lipinski definition) is 0. The van der Waals surface area contributed by atoms with Crippen molar-refractivity contribution in [1.29, 1.82) is 0 Å². The van der Waals surface area contributed by atoms with Crippen LogP contribution in [0.4, 0.5) is 0 Å². The second kappa shape index (κ2) is 9.05. The van der Waals surface area contributed by atoms with Crippen molar-refractivity contribution in [2.75, 3.05) is 27.2 Å². The van der Waals surface area contributed by atoms with E-state index < -0.39 is 0 Å². The van der Waals surface area contributed by atoms with E-state index >= 15 is 0 Å². The summed E-state index contributed by atoms with van der Waals surface area (Å²) in [7, 11) is 3.58. The zero-order valence-electron chi connectivity index (χ0n) is 17.2. The largest absolute Gasteiger partial charge is 0.369 e. The monoisotopic (exact) mass is 402 g/mol. The summed E-state index contributed by atoms with van der Waals surface area (Å²) >= 11 is 1.55. The first-order chi connectivity index (χ1) is 13.4. The standard InChI is InChI=1S/C22H30N2O3S/c1-15(2)27-14-20(25)24-12-8-7-9-16(24)13-18-17-10-5-6-11-19(17)28-21(18)22(26)23(3)4/h5-6,10-11,15-16H,7-9,12-14H2,1-4H3/t16-/m0/s1. The highest BCUT2D eigenvalue weighted by Crippen LogP contribution is 2.34. The normalized spacial score (nSPS) is 17.3. The molecule has 0 unspecified atom stereocenters. The van der Waals surface area contributed by atoms with Gasteiger partial charge in [0.1, 0.15) is 6.61 Å². The number of likely N-dealkylation sites (tertiary alicyclic amines) is 1. The predicted octanol–water partition coefficient (Wildman–Crippen LogP) is 3.95. The minimum absolute atomic E-state index is 0.0352. The number of amides is 2. The molecule has 2 heterocycles. The molecule has 0 spiro atoms. The van der Waals surface area contributed by atoms with Crippen LogP contribution in [0.5, 0.6) is 0 Å². The molecule has 152 valence electrons. The molecular weight excluding hydrogens is 372 g/mol. The molecule has 1 aromatic carbocycles. The Morgan fingerprint density at radius 3 is 2.71 bits per heavy atom. The minimum atomic E-state index is 0.0352. The summed E-state index contributed by atoms with van der Waals surface area (Å²) in [4.78, 5) is 30.0. The van der Waals surface area contributed by atoms with Crippen LogP contribution in [0.2, 0.25) is 0 Å². The molecule has 1 fully saturated rings. The zero-order chi connectivity index (χ0) is 20.3. The second-order valence-electron chi connectivity index (χ2n) is 7.91. The first-order valence-corrected chi connectivity index (χ1v) is 10.8. The van der Waals surface area contributed by atoms with Crippen molar-refractivity contribution < 1.29 is 14.3 Å². The van der Waals surface area contributed by atoms with Crippen molar-refractivity contribution in [3.63, 3.8) is 0 Å². The molecule has 2 aromatic rings. The van der Waals surface area contributed by atoms with E-state index in [-0.39, 0.29) is 30.6 Å². The molecule has 2 amide bonds. The first kappa shape index (κ1) is 20.8. The number of thiophene rings is 1. The molecule has 1 aromatic heterocycles. The fraction of sp³-hybridized carbons (Fsp3) is 0.545. The van der Waals surface area contributed by atoms with Crippen LogP contribution >= 0.6 is 11.3 Å². The number of piperidine rings is 1. The molecule has 0 N–H and O–H groups in total. The molecule has 0 bridgehead atoms. The van der Waals surface area contributed by atoms with Crippen LogP contribution in [-0.2, 0) is 16.0 Å². The van der Waals surface area contributed by atoms with Gasteiger partial charge in [-0.15, -0.1) is 11.3 Å². The van der Waals surface area contributed by atoms with Gasteiger partial charge in [0.15, 0.2) is 0 Å². The average molecular weight is 403 g/mol. The smallest absolute Gasteiger partial charge is 0.263 e. The van der Waals surface area contributed by atoms with Crippen molar-refractivity contribution >= 4 is 33.2 Å². The molecule has 3 rings (SSSR count). The van der Waals surface area contributed by atoms with E-state index in [0.717, 1.165) is 46.3 Å². The van der Waals surface area contributed by atoms with Gasteiger partial charge in [-0.05, 0) is 56.5 Å². The molecule has 1 atom stereocenters. The molecule has 0 radical (unpaired) electrons. The van der Waals surface area contributed by atoms with Crippen LogP contribution in [0.15, 0.2) is 24.3 Å². The van der Waals surface area contributed by atoms with Gasteiger partial charge in [0.05, 0.1) is 11.0 Å². The van der Waals surface area contributed by atoms with Gasteiger partial charge in [-0.3, -0.25) is 9.59 Å². The van der Waals surface area contributed by atoms with Crippen molar-refractivity contribution in [1.82, 2.24) is 9.80 Å². The van der Waals surface area contributed by atoms with Gasteiger partial charge >= 0.3 is 0 Å². The molecule has 1 aliphatic heterocycles. The van der Waals surface area contributed by atoms with E-state index in [1.165, 1.54) is 0 Å². The first-order valence-electron chi connectivity index (χ1n) is 10.0.